The zero-order valence-electron chi connectivity index (χ0n) is 14.5. The van der Waals surface area contributed by atoms with Crippen molar-refractivity contribution in [2.45, 2.75) is 44.2 Å². The van der Waals surface area contributed by atoms with Gasteiger partial charge in [0.15, 0.2) is 10.9 Å². The second-order valence-corrected chi connectivity index (χ2v) is 8.32. The van der Waals surface area contributed by atoms with Crippen LogP contribution in [0.1, 0.15) is 32.4 Å². The van der Waals surface area contributed by atoms with E-state index in [9.17, 15) is 4.79 Å². The van der Waals surface area contributed by atoms with Gasteiger partial charge in [-0.2, -0.15) is 0 Å². The lowest BCUT2D eigenvalue weighted by Crippen LogP contribution is -2.53. The number of nitrogens with one attached hydrogen (secondary N) is 1. The number of pyridine rings is 1. The van der Waals surface area contributed by atoms with Crippen LogP contribution in [0.4, 0.5) is 10.9 Å². The molecule has 0 radical (unpaired) electrons. The van der Waals surface area contributed by atoms with E-state index >= 15 is 0 Å². The van der Waals surface area contributed by atoms with E-state index in [0.717, 1.165) is 39.8 Å². The van der Waals surface area contributed by atoms with Crippen LogP contribution in [0.3, 0.4) is 0 Å². The Bertz CT molecular complexity index is 977. The molecule has 1 fully saturated rings. The highest BCUT2D eigenvalue weighted by Crippen LogP contribution is 2.43. The number of amides is 1. The van der Waals surface area contributed by atoms with Crippen molar-refractivity contribution in [3.63, 3.8) is 0 Å². The lowest BCUT2D eigenvalue weighted by atomic mass is 9.85. The lowest BCUT2D eigenvalue weighted by Gasteiger charge is -2.41. The van der Waals surface area contributed by atoms with E-state index in [-0.39, 0.29) is 11.9 Å². The topological polar surface area (TPSA) is 83.9 Å². The van der Waals surface area contributed by atoms with Gasteiger partial charge in [-0.05, 0) is 38.8 Å². The van der Waals surface area contributed by atoms with Crippen LogP contribution < -0.4 is 10.2 Å². The SMILES string of the molecule is CC1(C)C(=O)N(C2CC(Nc3nc4cccnc4s3)C2)c2nccnc21. The van der Waals surface area contributed by atoms with Gasteiger partial charge in [-0.1, -0.05) is 11.3 Å². The fraction of sp³-hybridized carbons (Fsp3) is 0.389. The Balaban J connectivity index is 1.32. The quantitative estimate of drug-likeness (QED) is 0.767. The van der Waals surface area contributed by atoms with Crippen molar-refractivity contribution < 1.29 is 4.79 Å². The summed E-state index contributed by atoms with van der Waals surface area (Å²) in [5.74, 6) is 0.807. The molecule has 0 unspecified atom stereocenters. The molecule has 7 nitrogen and oxygen atoms in total. The average molecular weight is 366 g/mol. The molecule has 5 rings (SSSR count). The number of hydrogen-bond donors (Lipinski definition) is 1. The zero-order valence-corrected chi connectivity index (χ0v) is 15.3. The van der Waals surface area contributed by atoms with E-state index in [0.29, 0.717) is 6.04 Å². The van der Waals surface area contributed by atoms with Crippen LogP contribution in [-0.4, -0.2) is 37.9 Å². The number of hydrogen-bond acceptors (Lipinski definition) is 7. The molecule has 3 aromatic heterocycles. The molecule has 0 spiro atoms. The van der Waals surface area contributed by atoms with Crippen molar-refractivity contribution in [2.24, 2.45) is 0 Å². The number of aromatic nitrogens is 4. The summed E-state index contributed by atoms with van der Waals surface area (Å²) in [5, 5.41) is 4.36. The van der Waals surface area contributed by atoms with Gasteiger partial charge in [0, 0.05) is 30.7 Å². The molecule has 2 aliphatic rings. The van der Waals surface area contributed by atoms with Gasteiger partial charge in [-0.15, -0.1) is 0 Å². The first-order chi connectivity index (χ1) is 12.5. The molecule has 1 aliphatic carbocycles. The number of thiazole rings is 1. The van der Waals surface area contributed by atoms with E-state index in [4.69, 9.17) is 0 Å². The van der Waals surface area contributed by atoms with Crippen LogP contribution in [0.5, 0.6) is 0 Å². The summed E-state index contributed by atoms with van der Waals surface area (Å²) < 4.78 is 0. The number of fused-ring (bicyclic) bond motifs is 2. The number of anilines is 2. The van der Waals surface area contributed by atoms with Gasteiger partial charge < -0.3 is 5.32 Å². The largest absolute Gasteiger partial charge is 0.359 e. The summed E-state index contributed by atoms with van der Waals surface area (Å²) in [5.41, 5.74) is 1.08. The monoisotopic (exact) mass is 366 g/mol. The molecule has 132 valence electrons. The van der Waals surface area contributed by atoms with E-state index in [2.05, 4.69) is 25.3 Å². The van der Waals surface area contributed by atoms with Crippen molar-refractivity contribution in [3.05, 3.63) is 36.4 Å². The van der Waals surface area contributed by atoms with Crippen LogP contribution in [0, 0.1) is 0 Å². The van der Waals surface area contributed by atoms with E-state index in [1.165, 1.54) is 0 Å². The first-order valence-corrected chi connectivity index (χ1v) is 9.49. The van der Waals surface area contributed by atoms with Crippen LogP contribution in [0.25, 0.3) is 10.3 Å². The average Bonchev–Trinajstić information content (AvgIpc) is 3.09. The minimum atomic E-state index is -0.610. The van der Waals surface area contributed by atoms with E-state index in [1.807, 2.05) is 30.9 Å². The maximum atomic E-state index is 12.9. The van der Waals surface area contributed by atoms with Crippen molar-refractivity contribution >= 4 is 38.5 Å². The Morgan fingerprint density at radius 3 is 2.81 bits per heavy atom. The van der Waals surface area contributed by atoms with E-state index in [1.54, 1.807) is 29.9 Å². The molecule has 1 N–H and O–H groups in total. The normalized spacial score (nSPS) is 23.8. The zero-order chi connectivity index (χ0) is 17.9. The second-order valence-electron chi connectivity index (χ2n) is 7.34. The standard InChI is InChI=1S/C18H18N6OS/c1-18(2)13-14(20-7-6-19-13)24(16(18)25)11-8-10(9-11)22-17-23-12-4-3-5-21-15(12)26-17/h3-7,10-11H,8-9H2,1-2H3,(H,22,23). The highest BCUT2D eigenvalue weighted by atomic mass is 32.1. The molecular formula is C18H18N6OS. The number of carbonyl (C=O) groups excluding carboxylic acids is 1. The molecule has 1 saturated carbocycles. The van der Waals surface area contributed by atoms with Crippen LogP contribution in [0.15, 0.2) is 30.7 Å². The predicted molar refractivity (Wildman–Crippen MR) is 100 cm³/mol. The molecule has 26 heavy (non-hydrogen) atoms. The Kier molecular flexibility index (Phi) is 3.27. The Morgan fingerprint density at radius 1 is 1.19 bits per heavy atom. The molecule has 0 atom stereocenters. The second kappa shape index (κ2) is 5.44. The molecule has 0 saturated heterocycles. The third kappa shape index (κ3) is 2.21. The van der Waals surface area contributed by atoms with Crippen molar-refractivity contribution in [2.75, 3.05) is 10.2 Å². The summed E-state index contributed by atoms with van der Waals surface area (Å²) >= 11 is 1.56. The number of nitrogens with zero attached hydrogens (tertiary/aromatic N) is 5. The molecular weight excluding hydrogens is 348 g/mol. The van der Waals surface area contributed by atoms with Gasteiger partial charge in [0.25, 0.3) is 0 Å². The fourth-order valence-electron chi connectivity index (χ4n) is 3.71. The van der Waals surface area contributed by atoms with E-state index < -0.39 is 5.41 Å². The molecule has 4 heterocycles. The first kappa shape index (κ1) is 15.6. The van der Waals surface area contributed by atoms with Crippen molar-refractivity contribution in [1.82, 2.24) is 19.9 Å². The molecule has 0 bridgehead atoms. The first-order valence-electron chi connectivity index (χ1n) is 8.67. The summed E-state index contributed by atoms with van der Waals surface area (Å²) in [6.45, 7) is 3.84. The van der Waals surface area contributed by atoms with Crippen LogP contribution in [0.2, 0.25) is 0 Å². The minimum absolute atomic E-state index is 0.0892. The molecule has 1 amide bonds. The van der Waals surface area contributed by atoms with Gasteiger partial charge in [-0.25, -0.2) is 15.0 Å². The minimum Gasteiger partial charge on any atom is -0.359 e. The molecule has 3 aromatic rings. The smallest absolute Gasteiger partial charge is 0.240 e. The maximum absolute atomic E-state index is 12.9. The van der Waals surface area contributed by atoms with Gasteiger partial charge in [0.1, 0.15) is 10.3 Å². The predicted octanol–water partition coefficient (Wildman–Crippen LogP) is 2.75. The molecule has 8 heteroatoms. The van der Waals surface area contributed by atoms with Crippen molar-refractivity contribution in [3.8, 4) is 0 Å². The van der Waals surface area contributed by atoms with Gasteiger partial charge in [0.2, 0.25) is 5.91 Å². The fourth-order valence-corrected chi connectivity index (χ4v) is 4.59. The van der Waals surface area contributed by atoms with Crippen LogP contribution >= 0.6 is 11.3 Å². The highest BCUT2D eigenvalue weighted by molar-refractivity contribution is 7.21. The number of carbonyl (C=O) groups is 1. The lowest BCUT2D eigenvalue weighted by molar-refractivity contribution is -0.123. The van der Waals surface area contributed by atoms with Gasteiger partial charge in [-0.3, -0.25) is 14.7 Å². The Labute approximate surface area is 154 Å². The molecule has 1 aliphatic heterocycles. The Morgan fingerprint density at radius 2 is 2.00 bits per heavy atom. The third-order valence-electron chi connectivity index (χ3n) is 5.22. The van der Waals surface area contributed by atoms with Crippen LogP contribution in [-0.2, 0) is 10.2 Å². The molecule has 0 aromatic carbocycles. The van der Waals surface area contributed by atoms with Gasteiger partial charge >= 0.3 is 0 Å². The summed E-state index contributed by atoms with van der Waals surface area (Å²) in [7, 11) is 0. The number of rotatable bonds is 3. The third-order valence-corrected chi connectivity index (χ3v) is 6.14. The summed E-state index contributed by atoms with van der Waals surface area (Å²) in [6.07, 6.45) is 6.85. The van der Waals surface area contributed by atoms with Gasteiger partial charge in [0.05, 0.1) is 11.1 Å². The van der Waals surface area contributed by atoms with Crippen molar-refractivity contribution in [1.29, 1.82) is 0 Å². The highest BCUT2D eigenvalue weighted by Gasteiger charge is 2.51. The Hall–Kier alpha value is -2.61. The maximum Gasteiger partial charge on any atom is 0.240 e. The summed E-state index contributed by atoms with van der Waals surface area (Å²) in [6, 6.07) is 4.32. The summed E-state index contributed by atoms with van der Waals surface area (Å²) in [4.78, 5) is 33.4.